The molecular formula is C25H50N2O3. The van der Waals surface area contributed by atoms with Crippen molar-refractivity contribution in [2.24, 2.45) is 5.73 Å². The maximum absolute atomic E-state index is 11.4. The Bertz CT molecular complexity index is 391. The minimum Gasteiger partial charge on any atom is -0.480 e. The lowest BCUT2D eigenvalue weighted by molar-refractivity contribution is -0.146. The average Bonchev–Trinajstić information content (AvgIpc) is 2.74. The second-order valence-electron chi connectivity index (χ2n) is 8.79. The number of carbonyl (C=O) groups excluding carboxylic acids is 1. The van der Waals surface area contributed by atoms with E-state index in [1.807, 2.05) is 0 Å². The number of carboxylic acid groups (broad SMARTS) is 1. The highest BCUT2D eigenvalue weighted by Crippen LogP contribution is 2.14. The Hall–Kier alpha value is -1.10. The average molecular weight is 427 g/mol. The van der Waals surface area contributed by atoms with Crippen LogP contribution in [0.1, 0.15) is 129 Å². The molecule has 1 atom stereocenters. The quantitative estimate of drug-likeness (QED) is 0.140. The van der Waals surface area contributed by atoms with Crippen LogP contribution in [-0.2, 0) is 9.59 Å². The van der Waals surface area contributed by atoms with Crippen LogP contribution < -0.4 is 5.73 Å². The van der Waals surface area contributed by atoms with Crippen LogP contribution in [0.3, 0.4) is 0 Å². The monoisotopic (exact) mass is 426 g/mol. The molecule has 0 fully saturated rings. The van der Waals surface area contributed by atoms with E-state index in [1.165, 1.54) is 94.8 Å². The number of hydrogen-bond acceptors (Lipinski definition) is 3. The van der Waals surface area contributed by atoms with Crippen molar-refractivity contribution in [2.45, 2.75) is 135 Å². The summed E-state index contributed by atoms with van der Waals surface area (Å²) in [6.45, 7) is 3.37. The molecule has 0 aromatic carbocycles. The van der Waals surface area contributed by atoms with Crippen LogP contribution in [0.5, 0.6) is 0 Å². The van der Waals surface area contributed by atoms with Crippen molar-refractivity contribution < 1.29 is 14.7 Å². The van der Waals surface area contributed by atoms with Gasteiger partial charge in [-0.15, -0.1) is 0 Å². The molecule has 0 unspecified atom stereocenters. The highest BCUT2D eigenvalue weighted by atomic mass is 16.4. The molecule has 0 aliphatic heterocycles. The number of carbonyl (C=O) groups is 2. The van der Waals surface area contributed by atoms with Crippen molar-refractivity contribution in [1.82, 2.24) is 4.90 Å². The molecule has 178 valence electrons. The van der Waals surface area contributed by atoms with E-state index >= 15 is 0 Å². The van der Waals surface area contributed by atoms with Crippen molar-refractivity contribution in [2.75, 3.05) is 13.1 Å². The van der Waals surface area contributed by atoms with Gasteiger partial charge >= 0.3 is 5.97 Å². The van der Waals surface area contributed by atoms with E-state index in [-0.39, 0.29) is 0 Å². The zero-order chi connectivity index (χ0) is 22.3. The number of nitrogens with two attached hydrogens (primary N) is 1. The smallest absolute Gasteiger partial charge is 0.326 e. The van der Waals surface area contributed by atoms with E-state index in [9.17, 15) is 14.7 Å². The maximum Gasteiger partial charge on any atom is 0.326 e. The molecule has 0 aromatic rings. The van der Waals surface area contributed by atoms with Gasteiger partial charge in [-0.25, -0.2) is 4.79 Å². The molecule has 0 radical (unpaired) electrons. The summed E-state index contributed by atoms with van der Waals surface area (Å²) in [6, 6.07) is -0.703. The van der Waals surface area contributed by atoms with E-state index in [0.717, 1.165) is 25.7 Å². The largest absolute Gasteiger partial charge is 0.480 e. The van der Waals surface area contributed by atoms with Gasteiger partial charge in [0, 0.05) is 6.54 Å². The van der Waals surface area contributed by atoms with Crippen molar-refractivity contribution in [3.63, 3.8) is 0 Å². The normalized spacial score (nSPS) is 12.1. The zero-order valence-corrected chi connectivity index (χ0v) is 19.8. The Morgan fingerprint density at radius 3 is 1.57 bits per heavy atom. The fraction of sp³-hybridized carbons (Fsp3) is 0.920. The lowest BCUT2D eigenvalue weighted by Gasteiger charge is -2.25. The highest BCUT2D eigenvalue weighted by Gasteiger charge is 2.23. The van der Waals surface area contributed by atoms with E-state index in [0.29, 0.717) is 25.9 Å². The van der Waals surface area contributed by atoms with Crippen molar-refractivity contribution in [3.05, 3.63) is 0 Å². The SMILES string of the molecule is CCCCCCCCCCCCCCCCCCN(C=O)[C@@H](CCCCN)C(=O)O. The van der Waals surface area contributed by atoms with Gasteiger partial charge in [-0.1, -0.05) is 103 Å². The number of rotatable bonds is 24. The first kappa shape index (κ1) is 28.9. The van der Waals surface area contributed by atoms with Crippen molar-refractivity contribution >= 4 is 12.4 Å². The minimum atomic E-state index is -0.907. The Kier molecular flexibility index (Phi) is 21.8. The summed E-state index contributed by atoms with van der Waals surface area (Å²) in [7, 11) is 0. The molecule has 0 aliphatic rings. The molecule has 0 saturated heterocycles. The molecule has 1 amide bonds. The van der Waals surface area contributed by atoms with Crippen molar-refractivity contribution in [3.8, 4) is 0 Å². The Morgan fingerprint density at radius 2 is 1.20 bits per heavy atom. The molecule has 0 aromatic heterocycles. The predicted molar refractivity (Wildman–Crippen MR) is 127 cm³/mol. The van der Waals surface area contributed by atoms with E-state index in [1.54, 1.807) is 0 Å². The lowest BCUT2D eigenvalue weighted by atomic mass is 10.0. The summed E-state index contributed by atoms with van der Waals surface area (Å²) in [4.78, 5) is 24.2. The number of carboxylic acids is 1. The Labute approximate surface area is 186 Å². The third kappa shape index (κ3) is 17.7. The summed E-state index contributed by atoms with van der Waals surface area (Å²) in [5.41, 5.74) is 5.47. The zero-order valence-electron chi connectivity index (χ0n) is 19.8. The highest BCUT2D eigenvalue weighted by molar-refractivity contribution is 5.76. The Morgan fingerprint density at radius 1 is 0.767 bits per heavy atom. The van der Waals surface area contributed by atoms with Gasteiger partial charge in [0.05, 0.1) is 0 Å². The van der Waals surface area contributed by atoms with Crippen LogP contribution in [0.2, 0.25) is 0 Å². The van der Waals surface area contributed by atoms with Gasteiger partial charge in [0.25, 0.3) is 0 Å². The van der Waals surface area contributed by atoms with Crippen LogP contribution in [0.25, 0.3) is 0 Å². The molecule has 0 saturated carbocycles. The van der Waals surface area contributed by atoms with Gasteiger partial charge in [0.2, 0.25) is 6.41 Å². The molecular weight excluding hydrogens is 376 g/mol. The summed E-state index contributed by atoms with van der Waals surface area (Å²) < 4.78 is 0. The van der Waals surface area contributed by atoms with E-state index < -0.39 is 12.0 Å². The third-order valence-corrected chi connectivity index (χ3v) is 6.02. The predicted octanol–water partition coefficient (Wildman–Crippen LogP) is 6.29. The van der Waals surface area contributed by atoms with E-state index in [2.05, 4.69) is 6.92 Å². The van der Waals surface area contributed by atoms with Gasteiger partial charge in [-0.05, 0) is 32.2 Å². The topological polar surface area (TPSA) is 83.6 Å². The summed E-state index contributed by atoms with van der Waals surface area (Å²) in [6.07, 6.45) is 23.7. The molecule has 0 spiro atoms. The number of hydrogen-bond donors (Lipinski definition) is 2. The fourth-order valence-corrected chi connectivity index (χ4v) is 4.04. The first-order chi connectivity index (χ1) is 14.7. The molecule has 0 bridgehead atoms. The minimum absolute atomic E-state index is 0.490. The van der Waals surface area contributed by atoms with Gasteiger partial charge in [-0.2, -0.15) is 0 Å². The van der Waals surface area contributed by atoms with Crippen LogP contribution >= 0.6 is 0 Å². The van der Waals surface area contributed by atoms with Crippen LogP contribution in [0.4, 0.5) is 0 Å². The lowest BCUT2D eigenvalue weighted by Crippen LogP contribution is -2.41. The summed E-state index contributed by atoms with van der Waals surface area (Å²) in [5, 5.41) is 9.38. The molecule has 0 rings (SSSR count). The van der Waals surface area contributed by atoms with E-state index in [4.69, 9.17) is 5.73 Å². The number of amides is 1. The molecule has 5 heteroatoms. The number of nitrogens with zero attached hydrogens (tertiary/aromatic N) is 1. The summed E-state index contributed by atoms with van der Waals surface area (Å²) in [5.74, 6) is -0.907. The van der Waals surface area contributed by atoms with Crippen LogP contribution in [0.15, 0.2) is 0 Å². The second-order valence-corrected chi connectivity index (χ2v) is 8.79. The van der Waals surface area contributed by atoms with Gasteiger partial charge in [0.1, 0.15) is 6.04 Å². The maximum atomic E-state index is 11.4. The van der Waals surface area contributed by atoms with Crippen molar-refractivity contribution in [1.29, 1.82) is 0 Å². The number of unbranched alkanes of at least 4 members (excludes halogenated alkanes) is 16. The number of aliphatic carboxylic acids is 1. The molecule has 0 aliphatic carbocycles. The van der Waals surface area contributed by atoms with Gasteiger partial charge in [0.15, 0.2) is 0 Å². The molecule has 30 heavy (non-hydrogen) atoms. The van der Waals surface area contributed by atoms with Gasteiger partial charge < -0.3 is 15.7 Å². The molecule has 3 N–H and O–H groups in total. The fourth-order valence-electron chi connectivity index (χ4n) is 4.04. The first-order valence-corrected chi connectivity index (χ1v) is 12.8. The molecule has 0 heterocycles. The molecule has 5 nitrogen and oxygen atoms in total. The van der Waals surface area contributed by atoms with Crippen LogP contribution in [0, 0.1) is 0 Å². The first-order valence-electron chi connectivity index (χ1n) is 12.8. The third-order valence-electron chi connectivity index (χ3n) is 6.02. The van der Waals surface area contributed by atoms with Gasteiger partial charge in [-0.3, -0.25) is 4.79 Å². The Balaban J connectivity index is 3.54. The van der Waals surface area contributed by atoms with Crippen LogP contribution in [-0.4, -0.2) is 41.5 Å². The summed E-state index contributed by atoms with van der Waals surface area (Å²) >= 11 is 0. The standard InChI is InChI=1S/C25H50N2O3/c1-2-3-4-5-6-7-8-9-10-11-12-13-14-15-16-19-22-27(23-28)24(25(29)30)20-17-18-21-26/h23-24H,2-22,26H2,1H3,(H,29,30)/t24-/m0/s1. The second kappa shape index (κ2) is 22.6.